The molecule has 1 amide bonds. The van der Waals surface area contributed by atoms with Crippen LogP contribution in [-0.4, -0.2) is 170 Å². The molecule has 4 heterocycles. The molecular weight excluding hydrogens is 1160 g/mol. The highest BCUT2D eigenvalue weighted by Crippen LogP contribution is 2.44. The SMILES string of the molecule is CC[C@H](C)[C@H]1CN[C@@H](CC(C)C)C(C)NCC2[C@@H](C(=O)N3CCCCC3)C(C)N2[C@@H](C2CCCC2)C(C)NC2(CCCC2)CNCCNC=CC(CCc2ccc(C(F)(F)F)c(OC)c2)=NC=CN(C)C=C(CC2CCCCC2)N(C)C=C2CCCN2[C@@H](C)C(C)N1. The number of carbonyl (C=O) groups excluding carboxylic acids is 1. The molecule has 17 heteroatoms. The molecule has 4 aliphatic heterocycles. The molecule has 3 aliphatic carbocycles. The van der Waals surface area contributed by atoms with Crippen molar-refractivity contribution in [3.8, 4) is 5.75 Å². The highest BCUT2D eigenvalue weighted by Gasteiger charge is 2.56. The monoisotopic (exact) mass is 1290 g/mol. The first-order chi connectivity index (χ1) is 44.2. The van der Waals surface area contributed by atoms with Gasteiger partial charge in [-0.15, -0.1) is 0 Å². The Morgan fingerprint density at radius 1 is 0.804 bits per heavy atom. The lowest BCUT2D eigenvalue weighted by Crippen LogP contribution is -2.76. The highest BCUT2D eigenvalue weighted by molar-refractivity contribution is 5.95. The van der Waals surface area contributed by atoms with Crippen LogP contribution in [0.1, 0.15) is 215 Å². The molecule has 5 unspecified atom stereocenters. The van der Waals surface area contributed by atoms with Crippen molar-refractivity contribution in [1.29, 1.82) is 0 Å². The van der Waals surface area contributed by atoms with Crippen LogP contribution in [0.5, 0.6) is 5.75 Å². The smallest absolute Gasteiger partial charge is 0.419 e. The Morgan fingerprint density at radius 3 is 2.22 bits per heavy atom. The third kappa shape index (κ3) is 20.5. The number of nitrogens with zero attached hydrogens (tertiary/aromatic N) is 6. The number of ether oxygens (including phenoxy) is 1. The zero-order valence-electron chi connectivity index (χ0n) is 59.3. The van der Waals surface area contributed by atoms with E-state index in [1.54, 1.807) is 6.07 Å². The molecule has 14 nitrogen and oxygen atoms in total. The van der Waals surface area contributed by atoms with Crippen LogP contribution in [0.3, 0.4) is 0 Å². The number of likely N-dealkylation sites (tertiary alicyclic amines) is 1. The number of halogens is 3. The van der Waals surface area contributed by atoms with Gasteiger partial charge in [0.2, 0.25) is 5.91 Å². The summed E-state index contributed by atoms with van der Waals surface area (Å²) in [5.74, 6) is 2.40. The van der Waals surface area contributed by atoms with Crippen molar-refractivity contribution in [1.82, 2.24) is 56.4 Å². The molecule has 3 saturated carbocycles. The Kier molecular flexibility index (Phi) is 28.6. The third-order valence-electron chi connectivity index (χ3n) is 22.8. The predicted molar refractivity (Wildman–Crippen MR) is 374 cm³/mol. The number of hydrogen-bond acceptors (Lipinski definition) is 13. The van der Waals surface area contributed by atoms with E-state index in [1.807, 2.05) is 24.7 Å². The average Bonchev–Trinajstić information content (AvgIpc) is 0.767. The lowest BCUT2D eigenvalue weighted by atomic mass is 9.74. The fraction of sp³-hybridized carbons (Fsp3) is 0.787. The average molecular weight is 1290 g/mol. The summed E-state index contributed by atoms with van der Waals surface area (Å²) in [6.45, 7) is 28.5. The van der Waals surface area contributed by atoms with E-state index in [9.17, 15) is 18.0 Å². The minimum atomic E-state index is -4.51. The van der Waals surface area contributed by atoms with Gasteiger partial charge in [-0.1, -0.05) is 98.0 Å². The maximum absolute atomic E-state index is 15.0. The second-order valence-electron chi connectivity index (χ2n) is 30.1. The predicted octanol–water partition coefficient (Wildman–Crippen LogP) is 13.2. The van der Waals surface area contributed by atoms with Crippen molar-refractivity contribution in [2.75, 3.05) is 73.6 Å². The van der Waals surface area contributed by atoms with Crippen LogP contribution in [0, 0.1) is 29.6 Å². The van der Waals surface area contributed by atoms with Crippen molar-refractivity contribution < 1.29 is 22.7 Å². The maximum Gasteiger partial charge on any atom is 0.419 e. The molecule has 92 heavy (non-hydrogen) atoms. The van der Waals surface area contributed by atoms with Crippen LogP contribution in [0.25, 0.3) is 0 Å². The van der Waals surface area contributed by atoms with Gasteiger partial charge in [0.05, 0.1) is 18.6 Å². The van der Waals surface area contributed by atoms with Crippen molar-refractivity contribution in [2.45, 2.75) is 276 Å². The summed E-state index contributed by atoms with van der Waals surface area (Å²) in [4.78, 5) is 32.3. The second kappa shape index (κ2) is 35.7. The number of amides is 1. The molecule has 0 aromatic heterocycles. The molecule has 1 aromatic rings. The van der Waals surface area contributed by atoms with Crippen LogP contribution < -0.4 is 36.6 Å². The molecule has 6 fully saturated rings. The standard InChI is InChI=1S/C75H127F3N12O2/c1-13-54(4)68-48-83-67(45-53(2)3)56(6)82-49-69-71(73(91)88-41-22-15-23-42-88)59(9)90(69)72(62-27-18-19-28-62)57(7)85-74(35-20-21-36-74)52-80-39-38-79-37-34-63(32-30-61-31-33-66(75(76,77)78)70(47-61)92-12)81-40-44-86(10)50-65(46-60-25-16-14-17-26-60)87(11)51-64-29-24-43-89(64)58(8)55(5)84-68/h31,33-34,37,40,44,47,50-51,53-60,62,67-69,71-72,79-80,82-85H,13-30,32,35-36,38-39,41-43,45-46,48-49,52H2,1-12H3/t54-,55?,56?,57?,58-,59?,67-,68+,69?,71-,72+/m0/s1. The normalized spacial score (nSPS) is 30.5. The van der Waals surface area contributed by atoms with Gasteiger partial charge in [-0.3, -0.25) is 14.7 Å². The lowest BCUT2D eigenvalue weighted by molar-refractivity contribution is -0.162. The van der Waals surface area contributed by atoms with E-state index in [4.69, 9.17) is 9.73 Å². The number of hydrogen-bond donors (Lipinski definition) is 6. The largest absolute Gasteiger partial charge is 0.496 e. The number of alkyl halides is 3. The Balaban J connectivity index is 1.10. The molecule has 0 radical (unpaired) electrons. The fourth-order valence-corrected chi connectivity index (χ4v) is 17.1. The lowest BCUT2D eigenvalue weighted by Gasteiger charge is -2.60. The van der Waals surface area contributed by atoms with Gasteiger partial charge >= 0.3 is 6.18 Å². The summed E-state index contributed by atoms with van der Waals surface area (Å²) in [6.07, 6.45) is 33.9. The van der Waals surface area contributed by atoms with Crippen molar-refractivity contribution in [2.24, 2.45) is 34.6 Å². The number of carbonyl (C=O) groups is 1. The van der Waals surface area contributed by atoms with Gasteiger partial charge in [0.25, 0.3) is 0 Å². The quantitative estimate of drug-likeness (QED) is 0.119. The van der Waals surface area contributed by atoms with E-state index in [1.165, 1.54) is 102 Å². The molecule has 3 saturated heterocycles. The van der Waals surface area contributed by atoms with E-state index in [2.05, 4.69) is 145 Å². The van der Waals surface area contributed by atoms with Gasteiger partial charge < -0.3 is 56.2 Å². The Morgan fingerprint density at radius 2 is 1.52 bits per heavy atom. The maximum atomic E-state index is 15.0. The molecule has 7 aliphatic rings. The number of aryl methyl sites for hydroxylation is 1. The second-order valence-corrected chi connectivity index (χ2v) is 30.1. The summed E-state index contributed by atoms with van der Waals surface area (Å²) >= 11 is 0. The number of nitrogens with one attached hydrogen (secondary N) is 6. The summed E-state index contributed by atoms with van der Waals surface area (Å²) in [5.41, 5.74) is 3.44. The minimum Gasteiger partial charge on any atom is -0.496 e. The molecular formula is C75H127F3N12O2. The summed E-state index contributed by atoms with van der Waals surface area (Å²) in [7, 11) is 5.61. The van der Waals surface area contributed by atoms with Crippen LogP contribution in [0.15, 0.2) is 71.7 Å². The van der Waals surface area contributed by atoms with Crippen molar-refractivity contribution in [3.05, 3.63) is 77.8 Å². The van der Waals surface area contributed by atoms with E-state index >= 15 is 0 Å². The molecule has 11 atom stereocenters. The molecule has 8 rings (SSSR count). The number of methoxy groups -OCH3 is 1. The number of aliphatic imine (C=N–C) groups is 1. The van der Waals surface area contributed by atoms with E-state index in [0.29, 0.717) is 54.5 Å². The summed E-state index contributed by atoms with van der Waals surface area (Å²) < 4.78 is 46.9. The minimum absolute atomic E-state index is 0.0224. The highest BCUT2D eigenvalue weighted by atomic mass is 19.4. The first-order valence-electron chi connectivity index (χ1n) is 37.0. The van der Waals surface area contributed by atoms with Crippen molar-refractivity contribution >= 4 is 11.6 Å². The zero-order valence-corrected chi connectivity index (χ0v) is 59.3. The van der Waals surface area contributed by atoms with E-state index in [0.717, 1.165) is 127 Å². The van der Waals surface area contributed by atoms with E-state index in [-0.39, 0.29) is 59.5 Å². The van der Waals surface area contributed by atoms with Gasteiger partial charge in [0.1, 0.15) is 5.75 Å². The Hall–Kier alpha value is -4.13. The van der Waals surface area contributed by atoms with E-state index < -0.39 is 11.7 Å². The molecule has 6 N–H and O–H groups in total. The molecule has 1 spiro atoms. The van der Waals surface area contributed by atoms with Gasteiger partial charge in [-0.05, 0) is 172 Å². The van der Waals surface area contributed by atoms with Crippen LogP contribution in [-0.2, 0) is 17.4 Å². The first kappa shape index (κ1) is 73.7. The van der Waals surface area contributed by atoms with Gasteiger partial charge in [0, 0.05) is 168 Å². The van der Waals surface area contributed by atoms with Gasteiger partial charge in [-0.25, -0.2) is 0 Å². The molecule has 0 bridgehead atoms. The Labute approximate surface area is 556 Å². The summed E-state index contributed by atoms with van der Waals surface area (Å²) in [6, 6.07) is 6.33. The number of allylic oxidation sites excluding steroid dienone is 3. The number of piperidine rings is 1. The zero-order chi connectivity index (χ0) is 66.0. The first-order valence-corrected chi connectivity index (χ1v) is 37.0. The Bertz CT molecular complexity index is 2550. The number of benzene rings is 1. The molecule has 1 aromatic carbocycles. The summed E-state index contributed by atoms with van der Waals surface area (Å²) in [5, 5.41) is 24.5. The number of fused-ring (bicyclic) bond motifs is 2. The van der Waals surface area contributed by atoms with Crippen LogP contribution in [0.2, 0.25) is 0 Å². The molecule has 520 valence electrons. The topological polar surface area (TPSA) is 127 Å². The van der Waals surface area contributed by atoms with Gasteiger partial charge in [-0.2, -0.15) is 13.2 Å². The van der Waals surface area contributed by atoms with Crippen molar-refractivity contribution in [3.63, 3.8) is 0 Å². The fourth-order valence-electron chi connectivity index (χ4n) is 17.1. The number of rotatable bonds is 12. The van der Waals surface area contributed by atoms with Crippen LogP contribution >= 0.6 is 0 Å². The van der Waals surface area contributed by atoms with Crippen LogP contribution in [0.4, 0.5) is 13.2 Å². The van der Waals surface area contributed by atoms with Gasteiger partial charge in [0.15, 0.2) is 0 Å². The third-order valence-corrected chi connectivity index (χ3v) is 22.8.